The summed E-state index contributed by atoms with van der Waals surface area (Å²) < 4.78 is 6.58. The molecule has 0 radical (unpaired) electrons. The topological polar surface area (TPSA) is 236 Å². The van der Waals surface area contributed by atoms with Gasteiger partial charge in [0.2, 0.25) is 17.2 Å². The van der Waals surface area contributed by atoms with E-state index >= 15 is 0 Å². The Kier molecular flexibility index (Phi) is 8.42. The number of benzene rings is 7. The molecule has 7 aromatic carbocycles. The normalized spacial score (nSPS) is 12.8. The maximum atomic E-state index is 12.1. The van der Waals surface area contributed by atoms with Crippen molar-refractivity contribution in [3.05, 3.63) is 108 Å². The number of aromatic hydroxyl groups is 11. The lowest BCUT2D eigenvalue weighted by Crippen LogP contribution is -1.98. The van der Waals surface area contributed by atoms with Gasteiger partial charge in [0, 0.05) is 60.3 Å². The molecule has 0 amide bonds. The molecular weight excluding hydrogens is 769 g/mol. The van der Waals surface area contributed by atoms with Crippen LogP contribution in [0.25, 0.3) is 82.6 Å². The Morgan fingerprint density at radius 1 is 0.433 bits per heavy atom. The Bertz CT molecular complexity index is 3120. The zero-order valence-corrected chi connectivity index (χ0v) is 31.9. The van der Waals surface area contributed by atoms with Crippen molar-refractivity contribution in [2.75, 3.05) is 0 Å². The standard InChI is InChI=1S/C48H36O12/c1-20-29-33(32-27-19-24(30-40(52)38(50)21(2)39(51)41(30)53)17-18-28(27)60-48(32)23-13-7-4-8-14-23)36-35(43(55)46(58)47(59)44(36)56)31(34(29)42(54)45(57)37(20)49)26-16-10-9-15-25(26)22-11-5-3-6-12-22/h3,5-7,9-19,49-59H,4,8H2,1-2H3. The van der Waals surface area contributed by atoms with Gasteiger partial charge in [0.15, 0.2) is 46.0 Å². The number of fused-ring (bicyclic) bond motifs is 3. The van der Waals surface area contributed by atoms with Gasteiger partial charge in [0.1, 0.15) is 11.3 Å². The zero-order valence-electron chi connectivity index (χ0n) is 31.9. The van der Waals surface area contributed by atoms with Crippen LogP contribution in [0.3, 0.4) is 0 Å². The Hall–Kier alpha value is -8.12. The number of aryl methyl sites for hydroxylation is 1. The van der Waals surface area contributed by atoms with Crippen molar-refractivity contribution >= 4 is 38.1 Å². The fraction of sp³-hybridized carbons (Fsp3) is 0.0833. The molecule has 12 heteroatoms. The molecule has 8 aromatic rings. The maximum absolute atomic E-state index is 12.1. The van der Waals surface area contributed by atoms with Crippen molar-refractivity contribution in [2.45, 2.75) is 26.7 Å². The van der Waals surface area contributed by atoms with E-state index in [1.807, 2.05) is 48.6 Å². The van der Waals surface area contributed by atoms with Gasteiger partial charge in [0.25, 0.3) is 0 Å². The molecule has 11 N–H and O–H groups in total. The van der Waals surface area contributed by atoms with Crippen LogP contribution >= 0.6 is 0 Å². The number of allylic oxidation sites excluding steroid dienone is 4. The van der Waals surface area contributed by atoms with Gasteiger partial charge in [-0.15, -0.1) is 0 Å². The lowest BCUT2D eigenvalue weighted by Gasteiger charge is -2.24. The average Bonchev–Trinajstić information content (AvgIpc) is 3.65. The molecule has 9 rings (SSSR count). The molecule has 300 valence electrons. The van der Waals surface area contributed by atoms with E-state index in [1.165, 1.54) is 32.0 Å². The van der Waals surface area contributed by atoms with Crippen molar-refractivity contribution < 1.29 is 60.6 Å². The highest BCUT2D eigenvalue weighted by atomic mass is 16.4. The molecule has 0 unspecified atom stereocenters. The van der Waals surface area contributed by atoms with Crippen molar-refractivity contribution in [1.82, 2.24) is 0 Å². The molecule has 0 saturated carbocycles. The molecule has 1 heterocycles. The van der Waals surface area contributed by atoms with Gasteiger partial charge in [-0.2, -0.15) is 0 Å². The predicted octanol–water partition coefficient (Wildman–Crippen LogP) is 10.5. The van der Waals surface area contributed by atoms with Gasteiger partial charge in [-0.05, 0) is 61.1 Å². The predicted molar refractivity (Wildman–Crippen MR) is 227 cm³/mol. The summed E-state index contributed by atoms with van der Waals surface area (Å²) in [6, 6.07) is 20.5. The highest BCUT2D eigenvalue weighted by Gasteiger charge is 2.35. The molecule has 0 spiro atoms. The van der Waals surface area contributed by atoms with Gasteiger partial charge in [-0.3, -0.25) is 0 Å². The maximum Gasteiger partial charge on any atom is 0.204 e. The molecule has 1 aliphatic carbocycles. The largest absolute Gasteiger partial charge is 0.504 e. The third-order valence-electron chi connectivity index (χ3n) is 11.5. The fourth-order valence-electron chi connectivity index (χ4n) is 8.49. The number of phenols is 11. The fourth-order valence-corrected chi connectivity index (χ4v) is 8.49. The first-order chi connectivity index (χ1) is 28.7. The first-order valence-corrected chi connectivity index (χ1v) is 18.8. The van der Waals surface area contributed by atoms with Crippen LogP contribution in [0.15, 0.2) is 95.4 Å². The van der Waals surface area contributed by atoms with Crippen LogP contribution < -0.4 is 0 Å². The Labute approximate surface area is 340 Å². The SMILES string of the molecule is Cc1c(O)c(O)c(-c2ccc3oc(C4=CCCC=C4)c(-c4c5c(C)c(O)c(O)c(O)c5c(-c5ccccc5-c5ccccc5)c5c(O)c(O)c(O)c(O)c45)c3c2)c(O)c1O. The van der Waals surface area contributed by atoms with Gasteiger partial charge >= 0.3 is 0 Å². The van der Waals surface area contributed by atoms with E-state index in [4.69, 9.17) is 4.42 Å². The molecule has 1 aliphatic rings. The van der Waals surface area contributed by atoms with E-state index in [0.717, 1.165) is 0 Å². The molecule has 12 nitrogen and oxygen atoms in total. The summed E-state index contributed by atoms with van der Waals surface area (Å²) >= 11 is 0. The van der Waals surface area contributed by atoms with E-state index in [2.05, 4.69) is 0 Å². The van der Waals surface area contributed by atoms with Gasteiger partial charge < -0.3 is 60.6 Å². The smallest absolute Gasteiger partial charge is 0.204 e. The molecule has 0 saturated heterocycles. The number of furan rings is 1. The second-order valence-electron chi connectivity index (χ2n) is 14.8. The summed E-state index contributed by atoms with van der Waals surface area (Å²) in [6.45, 7) is 2.78. The van der Waals surface area contributed by atoms with Crippen molar-refractivity contribution in [1.29, 1.82) is 0 Å². The van der Waals surface area contributed by atoms with Crippen LogP contribution in [0.5, 0.6) is 63.2 Å². The van der Waals surface area contributed by atoms with Crippen molar-refractivity contribution in [2.24, 2.45) is 0 Å². The minimum absolute atomic E-state index is 0.00427. The Balaban J connectivity index is 1.56. The second-order valence-corrected chi connectivity index (χ2v) is 14.8. The van der Waals surface area contributed by atoms with E-state index in [0.29, 0.717) is 35.1 Å². The van der Waals surface area contributed by atoms with E-state index in [1.54, 1.807) is 24.3 Å². The number of hydrogen-bond donors (Lipinski definition) is 11. The van der Waals surface area contributed by atoms with Crippen LogP contribution in [-0.4, -0.2) is 56.2 Å². The van der Waals surface area contributed by atoms with E-state index in [9.17, 15) is 56.2 Å². The number of hydrogen-bond acceptors (Lipinski definition) is 12. The molecular formula is C48H36O12. The first kappa shape index (κ1) is 37.5. The highest BCUT2D eigenvalue weighted by molar-refractivity contribution is 6.31. The molecule has 0 bridgehead atoms. The minimum atomic E-state index is -1.08. The average molecular weight is 805 g/mol. The summed E-state index contributed by atoms with van der Waals surface area (Å²) in [4.78, 5) is 0. The minimum Gasteiger partial charge on any atom is -0.504 e. The molecule has 0 aliphatic heterocycles. The Morgan fingerprint density at radius 3 is 1.60 bits per heavy atom. The third-order valence-corrected chi connectivity index (χ3v) is 11.5. The van der Waals surface area contributed by atoms with Crippen molar-refractivity contribution in [3.8, 4) is 108 Å². The van der Waals surface area contributed by atoms with E-state index < -0.39 is 63.2 Å². The van der Waals surface area contributed by atoms with Crippen LogP contribution in [-0.2, 0) is 0 Å². The van der Waals surface area contributed by atoms with Crippen LogP contribution in [0.4, 0.5) is 0 Å². The number of rotatable bonds is 5. The van der Waals surface area contributed by atoms with Crippen LogP contribution in [0.2, 0.25) is 0 Å². The number of phenolic OH excluding ortho intramolecular Hbond substituents is 11. The first-order valence-electron chi connectivity index (χ1n) is 18.8. The highest BCUT2D eigenvalue weighted by Crippen LogP contribution is 2.62. The van der Waals surface area contributed by atoms with Gasteiger partial charge in [-0.25, -0.2) is 0 Å². The van der Waals surface area contributed by atoms with Crippen molar-refractivity contribution in [3.63, 3.8) is 0 Å². The summed E-state index contributed by atoms with van der Waals surface area (Å²) in [7, 11) is 0. The molecule has 1 aromatic heterocycles. The molecule has 60 heavy (non-hydrogen) atoms. The second kappa shape index (κ2) is 13.5. The lowest BCUT2D eigenvalue weighted by molar-refractivity contribution is 0.351. The Morgan fingerprint density at radius 2 is 0.983 bits per heavy atom. The summed E-state index contributed by atoms with van der Waals surface area (Å²) in [6.07, 6.45) is 6.94. The van der Waals surface area contributed by atoms with Crippen LogP contribution in [0, 0.1) is 13.8 Å². The summed E-state index contributed by atoms with van der Waals surface area (Å²) in [5.74, 6) is -9.00. The zero-order chi connectivity index (χ0) is 42.5. The summed E-state index contributed by atoms with van der Waals surface area (Å²) in [5.41, 5.74) is 2.10. The monoisotopic (exact) mass is 804 g/mol. The van der Waals surface area contributed by atoms with Gasteiger partial charge in [-0.1, -0.05) is 78.9 Å². The molecule has 0 atom stereocenters. The quantitative estimate of drug-likeness (QED) is 0.0443. The van der Waals surface area contributed by atoms with Gasteiger partial charge in [0.05, 0.1) is 5.56 Å². The molecule has 0 fully saturated rings. The van der Waals surface area contributed by atoms with E-state index in [-0.39, 0.29) is 77.2 Å². The summed E-state index contributed by atoms with van der Waals surface area (Å²) in [5, 5.41) is 125. The van der Waals surface area contributed by atoms with Crippen LogP contribution in [0.1, 0.15) is 29.7 Å². The third kappa shape index (κ3) is 5.17. The lowest BCUT2D eigenvalue weighted by atomic mass is 9.80.